The molecule has 0 aliphatic carbocycles. The predicted molar refractivity (Wildman–Crippen MR) is 43.5 cm³/mol. The third-order valence-electron chi connectivity index (χ3n) is 1.93. The summed E-state index contributed by atoms with van der Waals surface area (Å²) in [5.74, 6) is 0. The van der Waals surface area contributed by atoms with Crippen LogP contribution in [0.25, 0.3) is 0 Å². The summed E-state index contributed by atoms with van der Waals surface area (Å²) in [6.45, 7) is 0. The molecule has 0 radical (unpaired) electrons. The molecule has 2 atom stereocenters. The summed E-state index contributed by atoms with van der Waals surface area (Å²) in [7, 11) is 0. The third-order valence-corrected chi connectivity index (χ3v) is 1.93. The highest BCUT2D eigenvalue weighted by molar-refractivity contribution is 5.23. The normalized spacial score (nSPS) is 17.9. The van der Waals surface area contributed by atoms with Gasteiger partial charge in [0, 0.05) is 0 Å². The van der Waals surface area contributed by atoms with E-state index in [0.717, 1.165) is 12.1 Å². The zero-order valence-electron chi connectivity index (χ0n) is 7.07. The summed E-state index contributed by atoms with van der Waals surface area (Å²) in [5, 5.41) is 17.8. The Morgan fingerprint density at radius 3 is 1.93 bits per heavy atom. The second-order valence-corrected chi connectivity index (χ2v) is 2.83. The molecule has 0 spiro atoms. The Balaban J connectivity index is 3.13. The number of hydrogen-bond donors (Lipinski definition) is 2. The van der Waals surface area contributed by atoms with Gasteiger partial charge >= 0.3 is 0 Å². The monoisotopic (exact) mass is 206 g/mol. The van der Waals surface area contributed by atoms with Gasteiger partial charge in [-0.25, -0.2) is 13.2 Å². The Morgan fingerprint density at radius 1 is 1.07 bits per heavy atom. The van der Waals surface area contributed by atoms with Crippen LogP contribution in [0.3, 0.4) is 0 Å². The van der Waals surface area contributed by atoms with Gasteiger partial charge in [0.25, 0.3) is 6.43 Å². The van der Waals surface area contributed by atoms with E-state index in [1.807, 2.05) is 0 Å². The van der Waals surface area contributed by atoms with Crippen molar-refractivity contribution in [3.8, 4) is 0 Å². The van der Waals surface area contributed by atoms with Gasteiger partial charge in [0.2, 0.25) is 12.0 Å². The Bertz CT molecular complexity index is 279. The van der Waals surface area contributed by atoms with Crippen LogP contribution in [0.5, 0.6) is 0 Å². The van der Waals surface area contributed by atoms with Gasteiger partial charge in [-0.3, -0.25) is 0 Å². The molecule has 0 bridgehead atoms. The van der Waals surface area contributed by atoms with Gasteiger partial charge in [0.05, 0.1) is 0 Å². The van der Waals surface area contributed by atoms with E-state index in [1.165, 1.54) is 18.2 Å². The van der Waals surface area contributed by atoms with Crippen molar-refractivity contribution in [2.24, 2.45) is 0 Å². The maximum absolute atomic E-state index is 12.5. The second kappa shape index (κ2) is 3.98. The third kappa shape index (κ3) is 1.73. The summed E-state index contributed by atoms with van der Waals surface area (Å²) in [5.41, 5.74) is -3.51. The van der Waals surface area contributed by atoms with Crippen molar-refractivity contribution < 1.29 is 23.4 Å². The van der Waals surface area contributed by atoms with E-state index in [4.69, 9.17) is 5.11 Å². The molecule has 78 valence electrons. The first-order valence-electron chi connectivity index (χ1n) is 3.87. The Kier molecular flexibility index (Phi) is 3.13. The molecule has 0 saturated heterocycles. The molecule has 0 amide bonds. The lowest BCUT2D eigenvalue weighted by Crippen LogP contribution is -2.43. The number of benzene rings is 1. The van der Waals surface area contributed by atoms with Crippen molar-refractivity contribution in [3.63, 3.8) is 0 Å². The smallest absolute Gasteiger partial charge is 0.276 e. The largest absolute Gasteiger partial charge is 0.375 e. The van der Waals surface area contributed by atoms with Crippen molar-refractivity contribution in [1.29, 1.82) is 0 Å². The predicted octanol–water partition coefficient (Wildman–Crippen LogP) is 1.43. The van der Waals surface area contributed by atoms with Gasteiger partial charge < -0.3 is 10.2 Å². The van der Waals surface area contributed by atoms with E-state index in [-0.39, 0.29) is 5.56 Å². The zero-order chi connectivity index (χ0) is 10.8. The van der Waals surface area contributed by atoms with Crippen LogP contribution in [-0.4, -0.2) is 23.0 Å². The molecule has 0 aliphatic heterocycles. The summed E-state index contributed by atoms with van der Waals surface area (Å²) in [4.78, 5) is 0. The SMILES string of the molecule is O[C@H](F)C(O)(c1ccccc1)C(F)F. The topological polar surface area (TPSA) is 40.5 Å². The van der Waals surface area contributed by atoms with E-state index in [2.05, 4.69) is 0 Å². The molecule has 0 heterocycles. The summed E-state index contributed by atoms with van der Waals surface area (Å²) >= 11 is 0. The summed E-state index contributed by atoms with van der Waals surface area (Å²) in [6.07, 6.45) is -6.42. The van der Waals surface area contributed by atoms with Crippen LogP contribution in [0.2, 0.25) is 0 Å². The second-order valence-electron chi connectivity index (χ2n) is 2.83. The Labute approximate surface area is 78.6 Å². The molecule has 5 heteroatoms. The average molecular weight is 206 g/mol. The van der Waals surface area contributed by atoms with Crippen LogP contribution in [0.15, 0.2) is 30.3 Å². The number of hydrogen-bond acceptors (Lipinski definition) is 2. The zero-order valence-corrected chi connectivity index (χ0v) is 7.07. The van der Waals surface area contributed by atoms with Gasteiger partial charge in [-0.15, -0.1) is 0 Å². The van der Waals surface area contributed by atoms with Crippen molar-refractivity contribution in [2.45, 2.75) is 18.4 Å². The first-order chi connectivity index (χ1) is 6.49. The fourth-order valence-corrected chi connectivity index (χ4v) is 1.07. The highest BCUT2D eigenvalue weighted by Crippen LogP contribution is 2.32. The van der Waals surface area contributed by atoms with Crippen LogP contribution >= 0.6 is 0 Å². The van der Waals surface area contributed by atoms with Crippen LogP contribution in [0.1, 0.15) is 5.56 Å². The fraction of sp³-hybridized carbons (Fsp3) is 0.333. The lowest BCUT2D eigenvalue weighted by Gasteiger charge is -2.27. The van der Waals surface area contributed by atoms with Crippen molar-refractivity contribution in [1.82, 2.24) is 0 Å². The van der Waals surface area contributed by atoms with E-state index < -0.39 is 18.4 Å². The molecule has 0 fully saturated rings. The number of alkyl halides is 3. The molecule has 14 heavy (non-hydrogen) atoms. The van der Waals surface area contributed by atoms with E-state index in [0.29, 0.717) is 0 Å². The molecule has 0 aromatic heterocycles. The molecule has 1 unspecified atom stereocenters. The number of aliphatic hydroxyl groups is 2. The van der Waals surface area contributed by atoms with Gasteiger partial charge in [0.1, 0.15) is 0 Å². The van der Waals surface area contributed by atoms with Crippen molar-refractivity contribution in [3.05, 3.63) is 35.9 Å². The van der Waals surface area contributed by atoms with Gasteiger partial charge in [-0.05, 0) is 5.56 Å². The van der Waals surface area contributed by atoms with Crippen molar-refractivity contribution in [2.75, 3.05) is 0 Å². The minimum absolute atomic E-state index is 0.356. The molecule has 2 N–H and O–H groups in total. The van der Waals surface area contributed by atoms with Crippen LogP contribution < -0.4 is 0 Å². The molecule has 1 aromatic rings. The lowest BCUT2D eigenvalue weighted by molar-refractivity contribution is -0.211. The quantitative estimate of drug-likeness (QED) is 0.785. The average Bonchev–Trinajstić information content (AvgIpc) is 2.17. The minimum atomic E-state index is -3.40. The molecule has 0 saturated carbocycles. The van der Waals surface area contributed by atoms with E-state index in [9.17, 15) is 18.3 Å². The van der Waals surface area contributed by atoms with Gasteiger partial charge in [-0.1, -0.05) is 30.3 Å². The van der Waals surface area contributed by atoms with Crippen LogP contribution in [0.4, 0.5) is 13.2 Å². The van der Waals surface area contributed by atoms with Gasteiger partial charge in [0.15, 0.2) is 0 Å². The van der Waals surface area contributed by atoms with Crippen molar-refractivity contribution >= 4 is 0 Å². The molecule has 1 aromatic carbocycles. The lowest BCUT2D eigenvalue weighted by atomic mass is 9.94. The standard InChI is InChI=1S/C9H9F3O2/c10-7(11)9(14,8(12)13)6-4-2-1-3-5-6/h1-5,7-8,13-14H/t8-,9?/m0/s1. The Hall–Kier alpha value is -1.07. The molecule has 1 rings (SSSR count). The van der Waals surface area contributed by atoms with Crippen LogP contribution in [-0.2, 0) is 5.60 Å². The summed E-state index contributed by atoms with van der Waals surface area (Å²) in [6, 6.07) is 6.50. The van der Waals surface area contributed by atoms with E-state index in [1.54, 1.807) is 0 Å². The fourth-order valence-electron chi connectivity index (χ4n) is 1.07. The number of halogens is 3. The minimum Gasteiger partial charge on any atom is -0.375 e. The first-order valence-corrected chi connectivity index (χ1v) is 3.87. The number of rotatable bonds is 3. The van der Waals surface area contributed by atoms with Gasteiger partial charge in [-0.2, -0.15) is 0 Å². The van der Waals surface area contributed by atoms with Crippen LogP contribution in [0, 0.1) is 0 Å². The molecule has 0 aliphatic rings. The first kappa shape index (κ1) is 11.0. The molecule has 2 nitrogen and oxygen atoms in total. The summed E-state index contributed by atoms with van der Waals surface area (Å²) < 4.78 is 37.3. The van der Waals surface area contributed by atoms with E-state index >= 15 is 0 Å². The number of aliphatic hydroxyl groups excluding tert-OH is 1. The maximum atomic E-state index is 12.5. The Morgan fingerprint density at radius 2 is 1.57 bits per heavy atom. The highest BCUT2D eigenvalue weighted by Gasteiger charge is 2.47. The molecular formula is C9H9F3O2. The molecular weight excluding hydrogens is 197 g/mol. The highest BCUT2D eigenvalue weighted by atomic mass is 19.3. The maximum Gasteiger partial charge on any atom is 0.276 e.